The van der Waals surface area contributed by atoms with Crippen molar-refractivity contribution in [2.75, 3.05) is 20.2 Å². The Kier molecular flexibility index (Phi) is 3.88. The largest absolute Gasteiger partial charge is 0.381 e. The molecule has 1 unspecified atom stereocenters. The number of carbonyl (C=O) groups is 1. The number of likely N-dealkylation sites (tertiary alicyclic amines) is 1. The van der Waals surface area contributed by atoms with E-state index in [1.54, 1.807) is 13.3 Å². The molecule has 2 bridgehead atoms. The van der Waals surface area contributed by atoms with Gasteiger partial charge in [-0.3, -0.25) is 4.79 Å². The summed E-state index contributed by atoms with van der Waals surface area (Å²) in [7, 11) is 3.75. The van der Waals surface area contributed by atoms with Crippen LogP contribution >= 0.6 is 0 Å². The van der Waals surface area contributed by atoms with Crippen LogP contribution in [-0.2, 0) is 11.8 Å². The van der Waals surface area contributed by atoms with Crippen molar-refractivity contribution in [2.24, 2.45) is 18.9 Å². The number of rotatable bonds is 3. The van der Waals surface area contributed by atoms with Gasteiger partial charge in [0.2, 0.25) is 0 Å². The first-order valence-electron chi connectivity index (χ1n) is 8.58. The lowest BCUT2D eigenvalue weighted by atomic mass is 9.93. The van der Waals surface area contributed by atoms with Crippen LogP contribution in [0.2, 0.25) is 0 Å². The number of imidazole rings is 1. The summed E-state index contributed by atoms with van der Waals surface area (Å²) in [5, 5.41) is 0. The van der Waals surface area contributed by atoms with E-state index in [2.05, 4.69) is 4.98 Å². The molecule has 1 aliphatic carbocycles. The number of aryl methyl sites for hydroxylation is 1. The lowest BCUT2D eigenvalue weighted by Crippen LogP contribution is -2.48. The molecule has 0 spiro atoms. The Bertz CT molecular complexity index is 741. The third-order valence-electron chi connectivity index (χ3n) is 5.53. The van der Waals surface area contributed by atoms with Crippen molar-refractivity contribution < 1.29 is 9.53 Å². The number of nitrogens with zero attached hydrogens (tertiary/aromatic N) is 3. The van der Waals surface area contributed by atoms with E-state index in [1.165, 1.54) is 0 Å². The van der Waals surface area contributed by atoms with Crippen LogP contribution in [0.4, 0.5) is 0 Å². The van der Waals surface area contributed by atoms with Crippen molar-refractivity contribution >= 4 is 5.91 Å². The third-order valence-corrected chi connectivity index (χ3v) is 5.53. The molecular weight excluding hydrogens is 302 g/mol. The minimum absolute atomic E-state index is 0.111. The highest BCUT2D eigenvalue weighted by atomic mass is 16.5. The third kappa shape index (κ3) is 2.44. The maximum absolute atomic E-state index is 13.2. The Morgan fingerprint density at radius 3 is 2.54 bits per heavy atom. The summed E-state index contributed by atoms with van der Waals surface area (Å²) < 4.78 is 7.61. The summed E-state index contributed by atoms with van der Waals surface area (Å²) in [6.07, 6.45) is 6.31. The van der Waals surface area contributed by atoms with Crippen LogP contribution in [-0.4, -0.2) is 46.7 Å². The summed E-state index contributed by atoms with van der Waals surface area (Å²) in [6.45, 7) is 1.59. The molecule has 1 aliphatic heterocycles. The van der Waals surface area contributed by atoms with Crippen LogP contribution in [0.5, 0.6) is 0 Å². The van der Waals surface area contributed by atoms with Gasteiger partial charge >= 0.3 is 0 Å². The molecule has 2 aliphatic rings. The Balaban J connectivity index is 1.64. The van der Waals surface area contributed by atoms with Gasteiger partial charge in [-0.2, -0.15) is 0 Å². The molecule has 5 nitrogen and oxygen atoms in total. The van der Waals surface area contributed by atoms with Crippen LogP contribution in [0, 0.1) is 11.8 Å². The smallest absolute Gasteiger partial charge is 0.254 e. The molecule has 1 amide bonds. The van der Waals surface area contributed by atoms with Crippen LogP contribution in [0.25, 0.3) is 11.4 Å². The SMILES string of the molecule is COC1[C@@H]2CC[C@H]1CN(C(=O)c1ccccc1-c1nccn1C)C2. The molecule has 0 N–H and O–H groups in total. The first-order valence-corrected chi connectivity index (χ1v) is 8.58. The maximum atomic E-state index is 13.2. The van der Waals surface area contributed by atoms with E-state index >= 15 is 0 Å². The van der Waals surface area contributed by atoms with Gasteiger partial charge in [-0.1, -0.05) is 18.2 Å². The van der Waals surface area contributed by atoms with Gasteiger partial charge in [-0.15, -0.1) is 0 Å². The highest BCUT2D eigenvalue weighted by molar-refractivity contribution is 6.00. The van der Waals surface area contributed by atoms with E-state index in [0.717, 1.165) is 42.9 Å². The Hall–Kier alpha value is -2.14. The monoisotopic (exact) mass is 325 g/mol. The summed E-state index contributed by atoms with van der Waals surface area (Å²) in [6, 6.07) is 7.78. The fourth-order valence-electron chi connectivity index (χ4n) is 4.38. The predicted octanol–water partition coefficient (Wildman–Crippen LogP) is 2.58. The summed E-state index contributed by atoms with van der Waals surface area (Å²) >= 11 is 0. The van der Waals surface area contributed by atoms with E-state index < -0.39 is 0 Å². The number of methoxy groups -OCH3 is 1. The van der Waals surface area contributed by atoms with E-state index in [-0.39, 0.29) is 5.91 Å². The normalized spacial score (nSPS) is 25.9. The number of benzene rings is 1. The Labute approximate surface area is 142 Å². The number of amides is 1. The number of ether oxygens (including phenoxy) is 1. The van der Waals surface area contributed by atoms with Gasteiger partial charge in [0.15, 0.2) is 0 Å². The molecule has 1 saturated carbocycles. The van der Waals surface area contributed by atoms with Crippen molar-refractivity contribution in [3.05, 3.63) is 42.2 Å². The van der Waals surface area contributed by atoms with Crippen LogP contribution in [0.1, 0.15) is 23.2 Å². The molecule has 4 rings (SSSR count). The van der Waals surface area contributed by atoms with Gasteiger partial charge in [0, 0.05) is 57.0 Å². The van der Waals surface area contributed by atoms with E-state index in [4.69, 9.17) is 4.74 Å². The zero-order valence-electron chi connectivity index (χ0n) is 14.2. The fourth-order valence-corrected chi connectivity index (χ4v) is 4.38. The highest BCUT2D eigenvalue weighted by Crippen LogP contribution is 2.39. The number of aromatic nitrogens is 2. The average Bonchev–Trinajstić information content (AvgIpc) is 3.13. The summed E-state index contributed by atoms with van der Waals surface area (Å²) in [5.41, 5.74) is 1.64. The second-order valence-electron chi connectivity index (χ2n) is 6.92. The number of carbonyl (C=O) groups excluding carboxylic acids is 1. The summed E-state index contributed by atoms with van der Waals surface area (Å²) in [5.74, 6) is 1.88. The van der Waals surface area contributed by atoms with Crippen LogP contribution in [0.15, 0.2) is 36.7 Å². The van der Waals surface area contributed by atoms with Gasteiger partial charge in [-0.05, 0) is 18.9 Å². The molecular formula is C19H23N3O2. The Morgan fingerprint density at radius 1 is 1.21 bits per heavy atom. The molecule has 126 valence electrons. The van der Waals surface area contributed by atoms with Crippen molar-refractivity contribution in [3.63, 3.8) is 0 Å². The van der Waals surface area contributed by atoms with Gasteiger partial charge in [-0.25, -0.2) is 4.98 Å². The number of hydrogen-bond donors (Lipinski definition) is 0. The number of piperidine rings is 1. The van der Waals surface area contributed by atoms with Gasteiger partial charge in [0.05, 0.1) is 11.7 Å². The van der Waals surface area contributed by atoms with Gasteiger partial charge < -0.3 is 14.2 Å². The molecule has 5 heteroatoms. The minimum atomic E-state index is 0.111. The summed E-state index contributed by atoms with van der Waals surface area (Å²) in [4.78, 5) is 19.6. The van der Waals surface area contributed by atoms with Crippen molar-refractivity contribution in [1.82, 2.24) is 14.5 Å². The first kappa shape index (κ1) is 15.4. The van der Waals surface area contributed by atoms with E-state index in [1.807, 2.05) is 47.0 Å². The average molecular weight is 325 g/mol. The lowest BCUT2D eigenvalue weighted by molar-refractivity contribution is -0.0113. The molecule has 2 aromatic rings. The van der Waals surface area contributed by atoms with Crippen LogP contribution < -0.4 is 0 Å². The molecule has 24 heavy (non-hydrogen) atoms. The number of hydrogen-bond acceptors (Lipinski definition) is 3. The second kappa shape index (κ2) is 6.06. The number of fused-ring (bicyclic) bond motifs is 2. The molecule has 1 aromatic heterocycles. The predicted molar refractivity (Wildman–Crippen MR) is 91.6 cm³/mol. The van der Waals surface area contributed by atoms with E-state index in [9.17, 15) is 4.79 Å². The van der Waals surface area contributed by atoms with Crippen molar-refractivity contribution in [3.8, 4) is 11.4 Å². The quantitative estimate of drug-likeness (QED) is 0.871. The van der Waals surface area contributed by atoms with Crippen LogP contribution in [0.3, 0.4) is 0 Å². The van der Waals surface area contributed by atoms with Gasteiger partial charge in [0.25, 0.3) is 5.91 Å². The second-order valence-corrected chi connectivity index (χ2v) is 6.92. The zero-order chi connectivity index (χ0) is 16.7. The molecule has 0 radical (unpaired) electrons. The standard InChI is InChI=1S/C19H23N3O2/c1-21-10-9-20-18(21)15-5-3-4-6-16(15)19(23)22-11-13-7-8-14(12-22)17(13)24-2/h3-6,9-10,13-14,17H,7-8,11-12H2,1-2H3/t13-,14+,17?. The maximum Gasteiger partial charge on any atom is 0.254 e. The van der Waals surface area contributed by atoms with Crippen molar-refractivity contribution in [2.45, 2.75) is 18.9 Å². The highest BCUT2D eigenvalue weighted by Gasteiger charge is 2.43. The topological polar surface area (TPSA) is 47.4 Å². The van der Waals surface area contributed by atoms with E-state index in [0.29, 0.717) is 17.9 Å². The first-order chi connectivity index (χ1) is 11.7. The Morgan fingerprint density at radius 2 is 1.92 bits per heavy atom. The fraction of sp³-hybridized carbons (Fsp3) is 0.474. The molecule has 2 heterocycles. The van der Waals surface area contributed by atoms with Crippen molar-refractivity contribution in [1.29, 1.82) is 0 Å². The van der Waals surface area contributed by atoms with Gasteiger partial charge in [0.1, 0.15) is 5.82 Å². The molecule has 2 fully saturated rings. The minimum Gasteiger partial charge on any atom is -0.381 e. The molecule has 3 atom stereocenters. The molecule has 1 aromatic carbocycles. The lowest BCUT2D eigenvalue weighted by Gasteiger charge is -2.37. The molecule has 1 saturated heterocycles. The zero-order valence-corrected chi connectivity index (χ0v) is 14.2.